The van der Waals surface area contributed by atoms with E-state index in [0.717, 1.165) is 111 Å². The van der Waals surface area contributed by atoms with E-state index in [4.69, 9.17) is 8.83 Å². The first kappa shape index (κ1) is 51.9. The minimum atomic E-state index is 0.834. The van der Waals surface area contributed by atoms with Crippen molar-refractivity contribution in [2.24, 2.45) is 0 Å². The molecule has 0 saturated carbocycles. The largest absolute Gasteiger partial charge is 0.456 e. The summed E-state index contributed by atoms with van der Waals surface area (Å²) in [5.41, 5.74) is 21.0. The van der Waals surface area contributed by atoms with E-state index in [0.29, 0.717) is 0 Å². The van der Waals surface area contributed by atoms with Gasteiger partial charge in [-0.25, -0.2) is 0 Å². The van der Waals surface area contributed by atoms with Crippen LogP contribution in [0.1, 0.15) is 0 Å². The molecule has 6 heteroatoms. The van der Waals surface area contributed by atoms with Gasteiger partial charge in [0.25, 0.3) is 0 Å². The van der Waals surface area contributed by atoms with Crippen molar-refractivity contribution in [1.29, 1.82) is 0 Å². The van der Waals surface area contributed by atoms with Crippen LogP contribution in [0.25, 0.3) is 140 Å². The zero-order valence-electron chi connectivity index (χ0n) is 48.5. The van der Waals surface area contributed by atoms with Crippen molar-refractivity contribution in [2.45, 2.75) is 0 Å². The van der Waals surface area contributed by atoms with E-state index in [1.165, 1.54) is 62.6 Å². The summed E-state index contributed by atoms with van der Waals surface area (Å²) < 4.78 is 18.6. The number of anilines is 6. The summed E-state index contributed by atoms with van der Waals surface area (Å²) in [4.78, 5) is 4.78. The molecule has 0 aliphatic carbocycles. The van der Waals surface area contributed by atoms with E-state index in [-0.39, 0.29) is 0 Å². The molecule has 0 amide bonds. The summed E-state index contributed by atoms with van der Waals surface area (Å²) in [5, 5.41) is 9.40. The van der Waals surface area contributed by atoms with Crippen molar-refractivity contribution in [3.8, 4) is 55.6 Å². The molecule has 18 aromatic rings. The van der Waals surface area contributed by atoms with Crippen LogP contribution in [-0.2, 0) is 0 Å². The molecular weight excluding hydrogens is 1130 g/mol. The molecule has 14 aromatic carbocycles. The lowest BCUT2D eigenvalue weighted by atomic mass is 9.85. The fourth-order valence-corrected chi connectivity index (χ4v) is 16.0. The highest BCUT2D eigenvalue weighted by atomic mass is 32.1. The summed E-state index contributed by atoms with van der Waals surface area (Å²) in [5.74, 6) is 0. The Labute approximate surface area is 527 Å². The molecule has 0 aliphatic heterocycles. The maximum Gasteiger partial charge on any atom is 0.136 e. The van der Waals surface area contributed by atoms with Gasteiger partial charge in [0, 0.05) is 107 Å². The van der Waals surface area contributed by atoms with Crippen LogP contribution >= 0.6 is 22.7 Å². The molecule has 18 rings (SSSR count). The Morgan fingerprint density at radius 1 is 0.211 bits per heavy atom. The average Bonchev–Trinajstić information content (AvgIpc) is 1.59. The Bertz CT molecular complexity index is 5570. The number of fused-ring (bicyclic) bond motifs is 12. The minimum Gasteiger partial charge on any atom is -0.456 e. The van der Waals surface area contributed by atoms with Crippen LogP contribution in [0, 0.1) is 0 Å². The molecule has 4 heterocycles. The van der Waals surface area contributed by atoms with Gasteiger partial charge in [0.05, 0.1) is 0 Å². The number of nitrogens with zero attached hydrogens (tertiary/aromatic N) is 2. The van der Waals surface area contributed by atoms with Crippen molar-refractivity contribution in [3.05, 3.63) is 315 Å². The third kappa shape index (κ3) is 8.71. The number of hydrogen-bond donors (Lipinski definition) is 0. The zero-order valence-corrected chi connectivity index (χ0v) is 50.2. The third-order valence-electron chi connectivity index (χ3n) is 17.9. The van der Waals surface area contributed by atoms with Crippen LogP contribution in [0.2, 0.25) is 0 Å². The predicted molar refractivity (Wildman–Crippen MR) is 383 cm³/mol. The second-order valence-corrected chi connectivity index (χ2v) is 25.2. The van der Waals surface area contributed by atoms with Gasteiger partial charge in [-0.3, -0.25) is 0 Å². The number of hydrogen-bond acceptors (Lipinski definition) is 6. The molecule has 0 fully saturated rings. The molecule has 422 valence electrons. The Balaban J connectivity index is 0.805. The SMILES string of the molecule is c1ccc(-c2ccc(N(c3ccc(-c4ccccc4)cc3)c3ccc(-c4c(-c5ccc6oc7ccccc7c6c5-c5ccc(N(c6ccc7c(c6)sc6ccccc67)c6ccc7c(c6)sc6ccccc67)cc5)ccc5oc6ccccc6c45)cc3)cc2)cc1. The fraction of sp³-hybridized carbons (Fsp3) is 0. The minimum absolute atomic E-state index is 0.834. The van der Waals surface area contributed by atoms with E-state index < -0.39 is 0 Å². The number of para-hydroxylation sites is 2. The van der Waals surface area contributed by atoms with Gasteiger partial charge in [-0.15, -0.1) is 22.7 Å². The maximum atomic E-state index is 6.77. The first-order valence-electron chi connectivity index (χ1n) is 30.4. The number of furan rings is 2. The highest BCUT2D eigenvalue weighted by molar-refractivity contribution is 7.26. The molecule has 0 saturated heterocycles. The maximum absolute atomic E-state index is 6.77. The van der Waals surface area contributed by atoms with Crippen LogP contribution in [-0.4, -0.2) is 0 Å². The van der Waals surface area contributed by atoms with Gasteiger partial charge in [0.2, 0.25) is 0 Å². The van der Waals surface area contributed by atoms with E-state index >= 15 is 0 Å². The van der Waals surface area contributed by atoms with Gasteiger partial charge in [-0.1, -0.05) is 194 Å². The van der Waals surface area contributed by atoms with Crippen LogP contribution in [0.4, 0.5) is 34.1 Å². The van der Waals surface area contributed by atoms with Gasteiger partial charge in [0.1, 0.15) is 22.3 Å². The summed E-state index contributed by atoms with van der Waals surface area (Å²) >= 11 is 3.70. The van der Waals surface area contributed by atoms with Gasteiger partial charge >= 0.3 is 0 Å². The van der Waals surface area contributed by atoms with Crippen molar-refractivity contribution in [2.75, 3.05) is 9.80 Å². The van der Waals surface area contributed by atoms with Gasteiger partial charge in [-0.05, 0) is 166 Å². The van der Waals surface area contributed by atoms with E-state index in [9.17, 15) is 0 Å². The lowest BCUT2D eigenvalue weighted by Gasteiger charge is -2.26. The summed E-state index contributed by atoms with van der Waals surface area (Å²) in [6.07, 6.45) is 0. The number of thiophene rings is 2. The second kappa shape index (κ2) is 21.3. The van der Waals surface area contributed by atoms with E-state index in [2.05, 4.69) is 325 Å². The van der Waals surface area contributed by atoms with E-state index in [1.54, 1.807) is 0 Å². The summed E-state index contributed by atoms with van der Waals surface area (Å²) in [6.45, 7) is 0. The Hall–Kier alpha value is -11.3. The van der Waals surface area contributed by atoms with Crippen LogP contribution in [0.3, 0.4) is 0 Å². The first-order chi connectivity index (χ1) is 44.6. The van der Waals surface area contributed by atoms with Crippen LogP contribution < -0.4 is 9.80 Å². The molecule has 4 nitrogen and oxygen atoms in total. The fourth-order valence-electron chi connectivity index (χ4n) is 13.7. The highest BCUT2D eigenvalue weighted by Gasteiger charge is 2.25. The van der Waals surface area contributed by atoms with Crippen molar-refractivity contribution >= 4 is 141 Å². The molecule has 0 atom stereocenters. The Kier molecular flexibility index (Phi) is 12.3. The van der Waals surface area contributed by atoms with Crippen LogP contribution in [0.15, 0.2) is 324 Å². The lowest BCUT2D eigenvalue weighted by molar-refractivity contribution is 0.668. The summed E-state index contributed by atoms with van der Waals surface area (Å²) in [6, 6.07) is 114. The number of benzene rings is 14. The molecular formula is C84H52N2O2S2. The first-order valence-corrected chi connectivity index (χ1v) is 32.1. The molecule has 90 heavy (non-hydrogen) atoms. The molecule has 0 radical (unpaired) electrons. The van der Waals surface area contributed by atoms with Crippen molar-refractivity contribution in [3.63, 3.8) is 0 Å². The topological polar surface area (TPSA) is 32.8 Å². The van der Waals surface area contributed by atoms with Crippen molar-refractivity contribution < 1.29 is 8.83 Å². The predicted octanol–water partition coefficient (Wildman–Crippen LogP) is 25.5. The van der Waals surface area contributed by atoms with Gasteiger partial charge in [0.15, 0.2) is 0 Å². The van der Waals surface area contributed by atoms with Crippen LogP contribution in [0.5, 0.6) is 0 Å². The Morgan fingerprint density at radius 2 is 0.522 bits per heavy atom. The van der Waals surface area contributed by atoms with Gasteiger partial charge < -0.3 is 18.6 Å². The quantitative estimate of drug-likeness (QED) is 0.129. The molecule has 0 unspecified atom stereocenters. The standard InChI is InChI=1S/C84H52N2O2S2/c1-3-15-53(16-4-1)55-27-35-59(36-28-55)85(60-37-29-56(30-38-60)54-17-5-2-6-18-54)61-39-31-57(32-40-61)81-69(47-49-75-83(81)71-21-7-11-23-73(71)87-75)70-48-50-76-84(72-22-8-12-24-74(72)88-76)82(70)58-33-41-62(42-34-58)86(63-43-45-67-65-19-9-13-25-77(65)89-79(67)51-63)64-44-46-68-66-20-10-14-26-78(66)90-80(68)52-64/h1-52H. The van der Waals surface area contributed by atoms with Crippen molar-refractivity contribution in [1.82, 2.24) is 0 Å². The van der Waals surface area contributed by atoms with Gasteiger partial charge in [-0.2, -0.15) is 0 Å². The normalized spacial score (nSPS) is 11.8. The third-order valence-corrected chi connectivity index (χ3v) is 20.2. The smallest absolute Gasteiger partial charge is 0.136 e. The lowest BCUT2D eigenvalue weighted by Crippen LogP contribution is -2.09. The molecule has 4 aromatic heterocycles. The zero-order chi connectivity index (χ0) is 59.2. The van der Waals surface area contributed by atoms with E-state index in [1.807, 2.05) is 22.7 Å². The monoisotopic (exact) mass is 1180 g/mol. The second-order valence-electron chi connectivity index (χ2n) is 23.1. The molecule has 0 bridgehead atoms. The highest BCUT2D eigenvalue weighted by Crippen LogP contribution is 2.51. The molecule has 0 spiro atoms. The molecule has 0 aliphatic rings. The average molecular weight is 1190 g/mol. The summed E-state index contributed by atoms with van der Waals surface area (Å²) in [7, 11) is 0. The number of rotatable bonds is 11. The Morgan fingerprint density at radius 3 is 0.933 bits per heavy atom. The molecule has 0 N–H and O–H groups in total.